The fourth-order valence-corrected chi connectivity index (χ4v) is 23.6. The van der Waals surface area contributed by atoms with Crippen LogP contribution < -0.4 is 0 Å². The van der Waals surface area contributed by atoms with Crippen LogP contribution in [-0.2, 0) is 12.8 Å². The molecule has 29 rings (SSSR count). The first-order valence-corrected chi connectivity index (χ1v) is 48.2. The van der Waals surface area contributed by atoms with E-state index in [-0.39, 0.29) is 65.1 Å². The third-order valence-electron chi connectivity index (χ3n) is 30.9. The molecule has 19 aromatic rings. The fraction of sp³-hybridized carbons (Fsp3) is 0.136. The molecule has 2 unspecified atom stereocenters. The zero-order valence-corrected chi connectivity index (χ0v) is 78.0. The Balaban J connectivity index is 0.0000000936. The van der Waals surface area contributed by atoms with Gasteiger partial charge in [0.05, 0.1) is 0 Å². The lowest BCUT2D eigenvalue weighted by Gasteiger charge is -2.32. The van der Waals surface area contributed by atoms with Crippen LogP contribution in [0.3, 0.4) is 0 Å². The number of carbonyl (C=O) groups excluding carboxylic acids is 10. The topological polar surface area (TPSA) is 187 Å². The van der Waals surface area contributed by atoms with E-state index in [1.54, 1.807) is 14.1 Å². The van der Waals surface area contributed by atoms with Gasteiger partial charge in [-0.25, -0.2) is 0 Å². The second-order valence-electron chi connectivity index (χ2n) is 38.4. The Morgan fingerprint density at radius 3 is 0.807 bits per heavy atom. The van der Waals surface area contributed by atoms with Crippen molar-refractivity contribution in [3.05, 3.63) is 369 Å². The molecule has 0 bridgehead atoms. The van der Waals surface area contributed by atoms with Crippen LogP contribution in [0.2, 0.25) is 0 Å². The van der Waals surface area contributed by atoms with E-state index in [1.807, 2.05) is 146 Å². The van der Waals surface area contributed by atoms with Gasteiger partial charge in [0.25, 0.3) is 59.1 Å². The standard InChI is InChI=1S/C32H23NO2.C30H27NO2.C25H17NO2.C23H13NO2.C15H9NO2/c1-19(11-12-20-7-3-2-4-8-20)33-31(34)25-15-13-23-27-17-21-9-5-6-10-22(21)18-28(27)24-14-16-26(32(33)35)30(25)29(23)24;1-3-5-8-18(4-2)17-31-29(32)23-13-11-21-25-15-19-9-6-7-10-20(19)16-26(25)22-12-14-24(30(31)33)28(23)27(21)22;1-3-13-4-5-14-11-20-16-6-8-18-23-19(25(28)26(2)24(18)27)9-7-17(22(16)23)21(20)12-15(14)10-13;1-24-22(25)16-8-6-14-18-10-12-4-2-3-5-13(12)11-19(18)15-7-9-17(23(24)26)21(16)20(14)15;1-16-14(17)10-6-4-8-2-3-9-5-7-11(15(16)18)13(10)12(8)9/h2-10,13-19H,11-12H2,1H3;6-7,9-16,18H,3-5,8,17H2,1-2H3;4-12H,3H2,1-2H3;2-11H,1H3;2-7H,1H3. The number of hydrogen-bond acceptors (Lipinski definition) is 10. The summed E-state index contributed by atoms with van der Waals surface area (Å²) in [5.74, 6) is -1.67. The molecule has 0 radical (unpaired) electrons. The van der Waals surface area contributed by atoms with Crippen LogP contribution in [0, 0.1) is 5.92 Å². The van der Waals surface area contributed by atoms with Gasteiger partial charge in [-0.1, -0.05) is 234 Å². The van der Waals surface area contributed by atoms with E-state index < -0.39 is 0 Å². The monoisotopic (exact) mass is 1820 g/mol. The summed E-state index contributed by atoms with van der Waals surface area (Å²) in [6.45, 7) is 8.97. The molecule has 0 aromatic heterocycles. The summed E-state index contributed by atoms with van der Waals surface area (Å²) in [6, 6.07) is 98.6. The zero-order valence-electron chi connectivity index (χ0n) is 78.0. The molecule has 140 heavy (non-hydrogen) atoms. The Kier molecular flexibility index (Phi) is 19.4. The molecule has 10 amide bonds. The van der Waals surface area contributed by atoms with E-state index in [0.717, 1.165) is 154 Å². The SMILES string of the molecule is CC(CCc1ccccc1)N1C(=O)c2ccc3c4c(ccc(c24)C1=O)-c1cc2ccccc2cc1-3.CCCCC(CC)CN1C(=O)c2ccc3c4c(ccc(c24)C1=O)-c1cc2ccccc2cc1-3.CCc1ccc2cc3c(cc2c1)-c1ccc2c4c(ccc-3c14)C(=O)N(C)C2=O.CN1C(=O)c2ccc3c4c(ccc(c24)C1=O)-c1cc2ccccc2cc1-3.CN1C(=O)c2ccc3c4c(ccc(c24)C1=O)C=C3. The van der Waals surface area contributed by atoms with Crippen molar-refractivity contribution in [2.75, 3.05) is 27.7 Å². The molecular weight excluding hydrogens is 1730 g/mol. The summed E-state index contributed by atoms with van der Waals surface area (Å²) < 4.78 is 0. The fourth-order valence-electron chi connectivity index (χ4n) is 23.6. The van der Waals surface area contributed by atoms with Crippen LogP contribution in [0.1, 0.15) is 186 Å². The number of imide groups is 5. The smallest absolute Gasteiger partial charge is 0.261 e. The molecule has 674 valence electrons. The maximum Gasteiger partial charge on any atom is 0.261 e. The van der Waals surface area contributed by atoms with E-state index in [0.29, 0.717) is 68.1 Å². The van der Waals surface area contributed by atoms with Gasteiger partial charge in [-0.2, -0.15) is 0 Å². The highest BCUT2D eigenvalue weighted by Gasteiger charge is 2.43. The summed E-state index contributed by atoms with van der Waals surface area (Å²) in [5, 5.41) is 18.8. The van der Waals surface area contributed by atoms with Gasteiger partial charge in [0, 0.05) is 116 Å². The van der Waals surface area contributed by atoms with Gasteiger partial charge in [-0.05, 0) is 329 Å². The first-order valence-electron chi connectivity index (χ1n) is 48.2. The maximum atomic E-state index is 13.7. The second-order valence-corrected chi connectivity index (χ2v) is 38.4. The highest BCUT2D eigenvalue weighted by molar-refractivity contribution is 6.37. The van der Waals surface area contributed by atoms with Crippen LogP contribution in [0.4, 0.5) is 0 Å². The number of benzene rings is 19. The van der Waals surface area contributed by atoms with Crippen molar-refractivity contribution in [3.63, 3.8) is 0 Å². The van der Waals surface area contributed by atoms with E-state index >= 15 is 0 Å². The predicted octanol–water partition coefficient (Wildman–Crippen LogP) is 27.6. The number of unbranched alkanes of at least 4 members (excludes halogenated alkanes) is 1. The van der Waals surface area contributed by atoms with Crippen molar-refractivity contribution < 1.29 is 47.9 Å². The highest BCUT2D eigenvalue weighted by atomic mass is 16.2. The summed E-state index contributed by atoms with van der Waals surface area (Å²) in [7, 11) is 4.62. The minimum atomic E-state index is -0.229. The molecule has 0 spiro atoms. The molecule has 5 aliphatic heterocycles. The first-order chi connectivity index (χ1) is 68.1. The van der Waals surface area contributed by atoms with Gasteiger partial charge in [0.1, 0.15) is 0 Å². The lowest BCUT2D eigenvalue weighted by molar-refractivity contribution is 0.0537. The molecular formula is C125H89N5O10. The third kappa shape index (κ3) is 12.5. The number of fused-ring (bicyclic) bond motifs is 16. The molecule has 19 aromatic carbocycles. The quantitative estimate of drug-likeness (QED) is 0.113. The van der Waals surface area contributed by atoms with E-state index in [4.69, 9.17) is 0 Å². The first kappa shape index (κ1) is 84.7. The van der Waals surface area contributed by atoms with Gasteiger partial charge in [-0.3, -0.25) is 72.4 Å². The summed E-state index contributed by atoms with van der Waals surface area (Å²) in [5.41, 5.74) is 29.2. The normalized spacial score (nSPS) is 14.8. The van der Waals surface area contributed by atoms with Crippen molar-refractivity contribution in [2.24, 2.45) is 5.92 Å². The van der Waals surface area contributed by atoms with E-state index in [9.17, 15) is 47.9 Å². The molecule has 5 heterocycles. The Morgan fingerprint density at radius 1 is 0.236 bits per heavy atom. The average molecular weight is 1820 g/mol. The minimum absolute atomic E-state index is 0.146. The third-order valence-corrected chi connectivity index (χ3v) is 30.9. The van der Waals surface area contributed by atoms with Crippen LogP contribution >= 0.6 is 0 Å². The van der Waals surface area contributed by atoms with Gasteiger partial charge >= 0.3 is 0 Å². The maximum absolute atomic E-state index is 13.7. The summed E-state index contributed by atoms with van der Waals surface area (Å²) in [6.07, 6.45) is 10.9. The number of aryl methyl sites for hydroxylation is 2. The molecule has 0 fully saturated rings. The lowest BCUT2D eigenvalue weighted by atomic mass is 9.89. The molecule has 0 saturated carbocycles. The van der Waals surface area contributed by atoms with Gasteiger partial charge in [0.15, 0.2) is 0 Å². The van der Waals surface area contributed by atoms with Crippen LogP contribution in [0.5, 0.6) is 0 Å². The Hall–Kier alpha value is -17.0. The molecule has 15 heteroatoms. The van der Waals surface area contributed by atoms with Crippen LogP contribution in [0.25, 0.3) is 198 Å². The number of rotatable bonds is 11. The molecule has 0 N–H and O–H groups in total. The Labute approximate surface area is 805 Å². The number of carbonyl (C=O) groups is 10. The summed E-state index contributed by atoms with van der Waals surface area (Å²) >= 11 is 0. The van der Waals surface area contributed by atoms with Crippen molar-refractivity contribution >= 4 is 168 Å². The Bertz CT molecular complexity index is 8700. The van der Waals surface area contributed by atoms with Crippen molar-refractivity contribution in [3.8, 4) is 89.0 Å². The zero-order chi connectivity index (χ0) is 95.5. The van der Waals surface area contributed by atoms with Crippen molar-refractivity contribution in [1.29, 1.82) is 0 Å². The number of nitrogens with zero attached hydrogens (tertiary/aromatic N) is 5. The van der Waals surface area contributed by atoms with Gasteiger partial charge in [-0.15, -0.1) is 0 Å². The largest absolute Gasteiger partial charge is 0.277 e. The van der Waals surface area contributed by atoms with Crippen LogP contribution in [-0.4, -0.2) is 117 Å². The van der Waals surface area contributed by atoms with Gasteiger partial charge < -0.3 is 0 Å². The molecule has 5 aliphatic carbocycles. The minimum Gasteiger partial charge on any atom is -0.277 e. The van der Waals surface area contributed by atoms with Crippen molar-refractivity contribution in [2.45, 2.75) is 78.7 Å². The lowest BCUT2D eigenvalue weighted by Crippen LogP contribution is -2.46. The van der Waals surface area contributed by atoms with E-state index in [1.165, 1.54) is 130 Å². The van der Waals surface area contributed by atoms with Crippen molar-refractivity contribution in [1.82, 2.24) is 24.5 Å². The Morgan fingerprint density at radius 2 is 0.500 bits per heavy atom. The van der Waals surface area contributed by atoms with E-state index in [2.05, 4.69) is 185 Å². The van der Waals surface area contributed by atoms with Crippen LogP contribution in [0.15, 0.2) is 291 Å². The highest BCUT2D eigenvalue weighted by Crippen LogP contribution is 2.57. The molecule has 15 nitrogen and oxygen atoms in total. The predicted molar refractivity (Wildman–Crippen MR) is 558 cm³/mol. The number of amides is 10. The van der Waals surface area contributed by atoms with Gasteiger partial charge in [0.2, 0.25) is 0 Å². The molecule has 2 atom stereocenters. The summed E-state index contributed by atoms with van der Waals surface area (Å²) in [4.78, 5) is 136. The average Bonchev–Trinajstić information content (AvgIpc) is 1.53. The molecule has 0 saturated heterocycles. The number of hydrogen-bond donors (Lipinski definition) is 0. The molecule has 10 aliphatic rings. The second kappa shape index (κ2) is 32.0.